The number of ether oxygens (including phenoxy) is 1. The molecule has 7 heteroatoms. The van der Waals surface area contributed by atoms with Crippen molar-refractivity contribution >= 4 is 11.9 Å². The highest BCUT2D eigenvalue weighted by molar-refractivity contribution is 5.82. The van der Waals surface area contributed by atoms with Gasteiger partial charge in [-0.3, -0.25) is 9.79 Å². The number of methoxy groups -OCH3 is 1. The van der Waals surface area contributed by atoms with Crippen molar-refractivity contribution < 1.29 is 9.53 Å². The quantitative estimate of drug-likeness (QED) is 0.421. The molecule has 2 saturated heterocycles. The molecule has 0 aromatic heterocycles. The molecule has 3 unspecified atom stereocenters. The lowest BCUT2D eigenvalue weighted by atomic mass is 9.99. The van der Waals surface area contributed by atoms with Crippen LogP contribution in [0, 0.1) is 17.8 Å². The van der Waals surface area contributed by atoms with E-state index in [0.717, 1.165) is 45.2 Å². The maximum atomic E-state index is 11.9. The van der Waals surface area contributed by atoms with Gasteiger partial charge in [0.2, 0.25) is 0 Å². The fraction of sp³-hybridized carbons (Fsp3) is 0.895. The smallest absolute Gasteiger partial charge is 0.310 e. The highest BCUT2D eigenvalue weighted by Crippen LogP contribution is 2.24. The summed E-state index contributed by atoms with van der Waals surface area (Å²) in [6.07, 6.45) is 0. The summed E-state index contributed by atoms with van der Waals surface area (Å²) in [6.45, 7) is 16.0. The van der Waals surface area contributed by atoms with Gasteiger partial charge in [0.15, 0.2) is 5.96 Å². The molecule has 0 bridgehead atoms. The zero-order chi connectivity index (χ0) is 19.1. The van der Waals surface area contributed by atoms with Crippen molar-refractivity contribution in [2.75, 3.05) is 73.1 Å². The van der Waals surface area contributed by atoms with E-state index < -0.39 is 0 Å². The number of piperazine rings is 1. The fourth-order valence-electron chi connectivity index (χ4n) is 3.99. The molecule has 2 rings (SSSR count). The minimum absolute atomic E-state index is 0.0640. The van der Waals surface area contributed by atoms with Gasteiger partial charge in [0.1, 0.15) is 0 Å². The number of aliphatic imine (C=N–C) groups is 1. The minimum Gasteiger partial charge on any atom is -0.469 e. The van der Waals surface area contributed by atoms with E-state index in [1.807, 2.05) is 7.05 Å². The van der Waals surface area contributed by atoms with Crippen LogP contribution in [0.5, 0.6) is 0 Å². The standard InChI is InChI=1S/C19H37N5O2/c1-6-22-7-9-23(10-8-22)12-15(2)11-21-19(20-4)24-13-16(3)17(14-24)18(25)26-5/h15-17H,6-14H2,1-5H3,(H,20,21). The number of likely N-dealkylation sites (tertiary alicyclic amines) is 1. The van der Waals surface area contributed by atoms with Crippen molar-refractivity contribution in [3.8, 4) is 0 Å². The Labute approximate surface area is 158 Å². The number of rotatable bonds is 6. The molecule has 0 amide bonds. The molecule has 3 atom stereocenters. The normalized spacial score (nSPS) is 26.8. The van der Waals surface area contributed by atoms with Gasteiger partial charge in [-0.25, -0.2) is 0 Å². The lowest BCUT2D eigenvalue weighted by Crippen LogP contribution is -2.49. The number of carbonyl (C=O) groups is 1. The van der Waals surface area contributed by atoms with Crippen LogP contribution in [0.3, 0.4) is 0 Å². The molecule has 2 heterocycles. The fourth-order valence-corrected chi connectivity index (χ4v) is 3.99. The second kappa shape index (κ2) is 10.1. The number of esters is 1. The highest BCUT2D eigenvalue weighted by atomic mass is 16.5. The summed E-state index contributed by atoms with van der Waals surface area (Å²) in [7, 11) is 3.28. The summed E-state index contributed by atoms with van der Waals surface area (Å²) < 4.78 is 4.93. The summed E-state index contributed by atoms with van der Waals surface area (Å²) in [6, 6.07) is 0. The minimum atomic E-state index is -0.116. The lowest BCUT2D eigenvalue weighted by Gasteiger charge is -2.35. The Balaban J connectivity index is 1.76. The third-order valence-corrected chi connectivity index (χ3v) is 5.72. The summed E-state index contributed by atoms with van der Waals surface area (Å²) >= 11 is 0. The Hall–Kier alpha value is -1.34. The van der Waals surface area contributed by atoms with E-state index >= 15 is 0 Å². The maximum Gasteiger partial charge on any atom is 0.310 e. The third kappa shape index (κ3) is 5.58. The number of hydrogen-bond donors (Lipinski definition) is 1. The van der Waals surface area contributed by atoms with Gasteiger partial charge in [-0.1, -0.05) is 20.8 Å². The Bertz CT molecular complexity index is 477. The van der Waals surface area contributed by atoms with Crippen LogP contribution in [0.1, 0.15) is 20.8 Å². The van der Waals surface area contributed by atoms with Gasteiger partial charge in [0.25, 0.3) is 0 Å². The van der Waals surface area contributed by atoms with E-state index in [9.17, 15) is 4.79 Å². The first-order valence-corrected chi connectivity index (χ1v) is 9.96. The second-order valence-electron chi connectivity index (χ2n) is 7.78. The van der Waals surface area contributed by atoms with Gasteiger partial charge in [-0.2, -0.15) is 0 Å². The number of hydrogen-bond acceptors (Lipinski definition) is 5. The molecule has 2 aliphatic rings. The first-order chi connectivity index (χ1) is 12.5. The van der Waals surface area contributed by atoms with Crippen LogP contribution in [-0.2, 0) is 9.53 Å². The monoisotopic (exact) mass is 367 g/mol. The summed E-state index contributed by atoms with van der Waals surface area (Å²) in [5.74, 6) is 1.55. The van der Waals surface area contributed by atoms with Crippen LogP contribution >= 0.6 is 0 Å². The van der Waals surface area contributed by atoms with Crippen LogP contribution in [-0.4, -0.2) is 99.7 Å². The number of nitrogens with zero attached hydrogens (tertiary/aromatic N) is 4. The van der Waals surface area contributed by atoms with Gasteiger partial charge in [0.05, 0.1) is 13.0 Å². The van der Waals surface area contributed by atoms with Gasteiger partial charge in [-0.15, -0.1) is 0 Å². The van der Waals surface area contributed by atoms with Crippen LogP contribution < -0.4 is 5.32 Å². The van der Waals surface area contributed by atoms with E-state index in [2.05, 4.69) is 45.8 Å². The lowest BCUT2D eigenvalue weighted by molar-refractivity contribution is -0.145. The topological polar surface area (TPSA) is 60.4 Å². The van der Waals surface area contributed by atoms with Crippen molar-refractivity contribution in [2.24, 2.45) is 22.7 Å². The highest BCUT2D eigenvalue weighted by Gasteiger charge is 2.36. The van der Waals surface area contributed by atoms with E-state index in [1.54, 1.807) is 0 Å². The molecule has 2 fully saturated rings. The SMILES string of the molecule is CCN1CCN(CC(C)CNC(=NC)N2CC(C)C(C(=O)OC)C2)CC1. The van der Waals surface area contributed by atoms with E-state index in [1.165, 1.54) is 20.2 Å². The maximum absolute atomic E-state index is 11.9. The summed E-state index contributed by atoms with van der Waals surface area (Å²) in [4.78, 5) is 23.6. The van der Waals surface area contributed by atoms with Gasteiger partial charge < -0.3 is 24.8 Å². The predicted molar refractivity (Wildman–Crippen MR) is 105 cm³/mol. The van der Waals surface area contributed by atoms with Crippen molar-refractivity contribution in [2.45, 2.75) is 20.8 Å². The summed E-state index contributed by atoms with van der Waals surface area (Å²) in [5, 5.41) is 3.51. The van der Waals surface area contributed by atoms with E-state index in [4.69, 9.17) is 4.74 Å². The Kier molecular flexibility index (Phi) is 8.15. The number of guanidine groups is 1. The second-order valence-corrected chi connectivity index (χ2v) is 7.78. The number of nitrogens with one attached hydrogen (secondary N) is 1. The molecule has 0 spiro atoms. The molecule has 0 saturated carbocycles. The largest absolute Gasteiger partial charge is 0.469 e. The molecular weight excluding hydrogens is 330 g/mol. The molecule has 0 aromatic rings. The zero-order valence-electron chi connectivity index (χ0n) is 17.2. The third-order valence-electron chi connectivity index (χ3n) is 5.72. The molecule has 0 aromatic carbocycles. The zero-order valence-corrected chi connectivity index (χ0v) is 17.2. The van der Waals surface area contributed by atoms with Crippen molar-refractivity contribution in [3.05, 3.63) is 0 Å². The van der Waals surface area contributed by atoms with Gasteiger partial charge in [0, 0.05) is 59.4 Å². The molecule has 2 aliphatic heterocycles. The predicted octanol–water partition coefficient (Wildman–Crippen LogP) is 0.576. The average Bonchev–Trinajstić information content (AvgIpc) is 3.03. The molecule has 150 valence electrons. The molecule has 26 heavy (non-hydrogen) atoms. The Morgan fingerprint density at radius 2 is 1.88 bits per heavy atom. The van der Waals surface area contributed by atoms with Crippen molar-refractivity contribution in [3.63, 3.8) is 0 Å². The van der Waals surface area contributed by atoms with Crippen molar-refractivity contribution in [1.29, 1.82) is 0 Å². The molecule has 0 radical (unpaired) electrons. The van der Waals surface area contributed by atoms with Crippen LogP contribution in [0.25, 0.3) is 0 Å². The molecule has 1 N–H and O–H groups in total. The first-order valence-electron chi connectivity index (χ1n) is 9.96. The Morgan fingerprint density at radius 1 is 1.23 bits per heavy atom. The molecule has 7 nitrogen and oxygen atoms in total. The van der Waals surface area contributed by atoms with Gasteiger partial charge in [-0.05, 0) is 18.4 Å². The van der Waals surface area contributed by atoms with Crippen LogP contribution in [0.2, 0.25) is 0 Å². The first kappa shape index (κ1) is 21.0. The summed E-state index contributed by atoms with van der Waals surface area (Å²) in [5.41, 5.74) is 0. The Morgan fingerprint density at radius 3 is 2.46 bits per heavy atom. The number of likely N-dealkylation sites (N-methyl/N-ethyl adjacent to an activating group) is 1. The van der Waals surface area contributed by atoms with Crippen molar-refractivity contribution in [1.82, 2.24) is 20.0 Å². The van der Waals surface area contributed by atoms with E-state index in [-0.39, 0.29) is 17.8 Å². The number of carbonyl (C=O) groups excluding carboxylic acids is 1. The van der Waals surface area contributed by atoms with Gasteiger partial charge >= 0.3 is 5.97 Å². The van der Waals surface area contributed by atoms with E-state index in [0.29, 0.717) is 12.5 Å². The molecule has 0 aliphatic carbocycles. The van der Waals surface area contributed by atoms with Crippen LogP contribution in [0.4, 0.5) is 0 Å². The van der Waals surface area contributed by atoms with Crippen LogP contribution in [0.15, 0.2) is 4.99 Å². The molecular formula is C19H37N5O2. The average molecular weight is 368 g/mol.